The number of halogens is 3. The van der Waals surface area contributed by atoms with E-state index in [2.05, 4.69) is 77.1 Å². The minimum atomic E-state index is 0.290. The maximum absolute atomic E-state index is 4.23. The van der Waals surface area contributed by atoms with E-state index < -0.39 is 0 Å². The third-order valence-electron chi connectivity index (χ3n) is 2.71. The second-order valence-electron chi connectivity index (χ2n) is 4.11. The van der Waals surface area contributed by atoms with Gasteiger partial charge in [0.2, 0.25) is 0 Å². The molecule has 0 radical (unpaired) electrons. The number of hydrogen-bond acceptors (Lipinski definition) is 3. The van der Waals surface area contributed by atoms with Crippen LogP contribution in [0.1, 0.15) is 24.1 Å². The molecular formula is C13H13Br3N2S. The summed E-state index contributed by atoms with van der Waals surface area (Å²) in [5.74, 6) is 0. The Morgan fingerprint density at radius 2 is 2.05 bits per heavy atom. The van der Waals surface area contributed by atoms with Gasteiger partial charge in [0.25, 0.3) is 0 Å². The number of thiophene rings is 1. The standard InChI is InChI=1S/C13H13Br3N2S/c1-2-18-11(10-5-12(15)19-13(10)16)4-8-3-9(14)7-17-6-8/h3,5-7,11,18H,2,4H2,1H3. The Balaban J connectivity index is 2.23. The van der Waals surface area contributed by atoms with Gasteiger partial charge in [-0.05, 0) is 84.0 Å². The highest BCUT2D eigenvalue weighted by atomic mass is 79.9. The summed E-state index contributed by atoms with van der Waals surface area (Å²) in [5, 5.41) is 3.53. The average molecular weight is 469 g/mol. The molecule has 2 aromatic heterocycles. The summed E-state index contributed by atoms with van der Waals surface area (Å²) in [7, 11) is 0. The van der Waals surface area contributed by atoms with Crippen molar-refractivity contribution in [3.05, 3.63) is 47.7 Å². The van der Waals surface area contributed by atoms with Gasteiger partial charge in [0, 0.05) is 22.9 Å². The van der Waals surface area contributed by atoms with Gasteiger partial charge in [-0.1, -0.05) is 6.92 Å². The quantitative estimate of drug-likeness (QED) is 0.642. The zero-order chi connectivity index (χ0) is 13.8. The Labute approximate surface area is 142 Å². The fraction of sp³-hybridized carbons (Fsp3) is 0.308. The molecule has 1 unspecified atom stereocenters. The van der Waals surface area contributed by atoms with Crippen LogP contribution in [-0.2, 0) is 6.42 Å². The van der Waals surface area contributed by atoms with E-state index in [0.29, 0.717) is 0 Å². The van der Waals surface area contributed by atoms with Crippen LogP contribution in [-0.4, -0.2) is 11.5 Å². The molecule has 0 aliphatic carbocycles. The Kier molecular flexibility index (Phi) is 6.02. The van der Waals surface area contributed by atoms with Gasteiger partial charge >= 0.3 is 0 Å². The van der Waals surface area contributed by atoms with E-state index in [1.54, 1.807) is 11.3 Å². The van der Waals surface area contributed by atoms with Gasteiger partial charge in [0.05, 0.1) is 7.57 Å². The molecule has 2 nitrogen and oxygen atoms in total. The summed E-state index contributed by atoms with van der Waals surface area (Å²) in [4.78, 5) is 4.23. The number of aromatic nitrogens is 1. The first-order chi connectivity index (χ1) is 9.10. The van der Waals surface area contributed by atoms with E-state index in [-0.39, 0.29) is 6.04 Å². The third kappa shape index (κ3) is 4.36. The lowest BCUT2D eigenvalue weighted by Crippen LogP contribution is -2.22. The van der Waals surface area contributed by atoms with Crippen LogP contribution in [0.25, 0.3) is 0 Å². The number of pyridine rings is 1. The van der Waals surface area contributed by atoms with E-state index in [1.807, 2.05) is 12.4 Å². The third-order valence-corrected chi connectivity index (χ3v) is 5.53. The van der Waals surface area contributed by atoms with E-state index in [0.717, 1.165) is 21.2 Å². The van der Waals surface area contributed by atoms with Gasteiger partial charge in [-0.25, -0.2) is 0 Å². The Morgan fingerprint density at radius 3 is 2.63 bits per heavy atom. The SMILES string of the molecule is CCNC(Cc1cncc(Br)c1)c1cc(Br)sc1Br. The molecule has 0 spiro atoms. The maximum Gasteiger partial charge on any atom is 0.0758 e. The number of nitrogens with zero attached hydrogens (tertiary/aromatic N) is 1. The summed E-state index contributed by atoms with van der Waals surface area (Å²) >= 11 is 12.4. The van der Waals surface area contributed by atoms with Crippen LogP contribution in [0, 0.1) is 0 Å². The largest absolute Gasteiger partial charge is 0.310 e. The topological polar surface area (TPSA) is 24.9 Å². The number of hydrogen-bond donors (Lipinski definition) is 1. The number of nitrogens with one attached hydrogen (secondary N) is 1. The molecule has 2 rings (SSSR count). The van der Waals surface area contributed by atoms with Crippen molar-refractivity contribution in [2.24, 2.45) is 0 Å². The zero-order valence-corrected chi connectivity index (χ0v) is 15.9. The average Bonchev–Trinajstić information content (AvgIpc) is 2.68. The van der Waals surface area contributed by atoms with Crippen molar-refractivity contribution in [1.29, 1.82) is 0 Å². The summed E-state index contributed by atoms with van der Waals surface area (Å²) in [6, 6.07) is 4.58. The second-order valence-corrected chi connectivity index (χ2v) is 8.77. The predicted octanol–water partition coefficient (Wildman–Crippen LogP) is 5.32. The molecule has 0 fully saturated rings. The van der Waals surface area contributed by atoms with Gasteiger partial charge in [-0.2, -0.15) is 0 Å². The molecule has 19 heavy (non-hydrogen) atoms. The van der Waals surface area contributed by atoms with Crippen LogP contribution in [0.5, 0.6) is 0 Å². The van der Waals surface area contributed by atoms with E-state index in [1.165, 1.54) is 14.9 Å². The van der Waals surface area contributed by atoms with Crippen molar-refractivity contribution in [2.45, 2.75) is 19.4 Å². The zero-order valence-electron chi connectivity index (χ0n) is 10.3. The van der Waals surface area contributed by atoms with Crippen LogP contribution in [0.4, 0.5) is 0 Å². The molecule has 0 aliphatic rings. The van der Waals surface area contributed by atoms with Crippen molar-refractivity contribution in [1.82, 2.24) is 10.3 Å². The number of likely N-dealkylation sites (N-methyl/N-ethyl adjacent to an activating group) is 1. The summed E-state index contributed by atoms with van der Waals surface area (Å²) < 4.78 is 3.34. The molecular weight excluding hydrogens is 456 g/mol. The minimum Gasteiger partial charge on any atom is -0.310 e. The lowest BCUT2D eigenvalue weighted by Gasteiger charge is -2.17. The van der Waals surface area contributed by atoms with E-state index >= 15 is 0 Å². The Hall–Kier alpha value is 0.250. The molecule has 0 aliphatic heterocycles. The van der Waals surface area contributed by atoms with Gasteiger partial charge in [0.15, 0.2) is 0 Å². The van der Waals surface area contributed by atoms with Crippen molar-refractivity contribution < 1.29 is 0 Å². The van der Waals surface area contributed by atoms with Crippen LogP contribution < -0.4 is 5.32 Å². The second kappa shape index (κ2) is 7.31. The summed E-state index contributed by atoms with van der Waals surface area (Å²) in [5.41, 5.74) is 2.51. The smallest absolute Gasteiger partial charge is 0.0758 e. The van der Waals surface area contributed by atoms with Crippen LogP contribution in [0.3, 0.4) is 0 Å². The highest BCUT2D eigenvalue weighted by Gasteiger charge is 2.17. The fourth-order valence-corrected chi connectivity index (χ4v) is 5.32. The minimum absolute atomic E-state index is 0.290. The molecule has 0 bridgehead atoms. The van der Waals surface area contributed by atoms with Crippen molar-refractivity contribution in [3.63, 3.8) is 0 Å². The molecule has 1 atom stereocenters. The van der Waals surface area contributed by atoms with Gasteiger partial charge in [-0.3, -0.25) is 4.98 Å². The lowest BCUT2D eigenvalue weighted by molar-refractivity contribution is 0.549. The molecule has 0 saturated heterocycles. The van der Waals surface area contributed by atoms with Crippen LogP contribution >= 0.6 is 59.1 Å². The molecule has 2 heterocycles. The first kappa shape index (κ1) is 15.6. The van der Waals surface area contributed by atoms with Gasteiger partial charge in [-0.15, -0.1) is 11.3 Å². The van der Waals surface area contributed by atoms with E-state index in [4.69, 9.17) is 0 Å². The van der Waals surface area contributed by atoms with Gasteiger partial charge < -0.3 is 5.32 Å². The maximum atomic E-state index is 4.23. The summed E-state index contributed by atoms with van der Waals surface area (Å²) in [6.07, 6.45) is 4.65. The number of rotatable bonds is 5. The van der Waals surface area contributed by atoms with Gasteiger partial charge in [0.1, 0.15) is 0 Å². The Morgan fingerprint density at radius 1 is 1.26 bits per heavy atom. The molecule has 102 valence electrons. The normalized spacial score (nSPS) is 12.6. The molecule has 0 saturated carbocycles. The summed E-state index contributed by atoms with van der Waals surface area (Å²) in [6.45, 7) is 3.06. The van der Waals surface area contributed by atoms with Crippen molar-refractivity contribution in [3.8, 4) is 0 Å². The first-order valence-corrected chi connectivity index (χ1v) is 9.07. The predicted molar refractivity (Wildman–Crippen MR) is 91.8 cm³/mol. The molecule has 1 N–H and O–H groups in total. The Bertz CT molecular complexity index is 557. The molecule has 6 heteroatoms. The molecule has 0 amide bonds. The van der Waals surface area contributed by atoms with Crippen LogP contribution in [0.15, 0.2) is 36.6 Å². The first-order valence-electron chi connectivity index (χ1n) is 5.87. The molecule has 0 aromatic carbocycles. The van der Waals surface area contributed by atoms with Crippen LogP contribution in [0.2, 0.25) is 0 Å². The fourth-order valence-electron chi connectivity index (χ4n) is 1.93. The molecule has 2 aromatic rings. The monoisotopic (exact) mass is 466 g/mol. The van der Waals surface area contributed by atoms with E-state index in [9.17, 15) is 0 Å². The lowest BCUT2D eigenvalue weighted by atomic mass is 10.0. The highest BCUT2D eigenvalue weighted by molar-refractivity contribution is 9.12. The van der Waals surface area contributed by atoms with Crippen molar-refractivity contribution in [2.75, 3.05) is 6.54 Å². The highest BCUT2D eigenvalue weighted by Crippen LogP contribution is 2.36. The van der Waals surface area contributed by atoms with Crippen molar-refractivity contribution >= 4 is 59.1 Å².